The fraction of sp³-hybridized carbons (Fsp3) is 0.0588. The van der Waals surface area contributed by atoms with Crippen molar-refractivity contribution >= 4 is 17.2 Å². The average molecular weight is 293 g/mol. The zero-order chi connectivity index (χ0) is 14.7. The van der Waals surface area contributed by atoms with E-state index in [4.69, 9.17) is 18.0 Å². The largest absolute Gasteiger partial charge is 0.389 e. The first-order valence-electron chi connectivity index (χ1n) is 6.69. The Morgan fingerprint density at radius 3 is 2.43 bits per heavy atom. The summed E-state index contributed by atoms with van der Waals surface area (Å²) < 4.78 is 2.13. The summed E-state index contributed by atoms with van der Waals surface area (Å²) in [5, 5.41) is 0. The zero-order valence-electron chi connectivity index (χ0n) is 11.4. The second-order valence-corrected chi connectivity index (χ2v) is 5.25. The number of benzene rings is 2. The summed E-state index contributed by atoms with van der Waals surface area (Å²) in [6, 6.07) is 18.2. The summed E-state index contributed by atoms with van der Waals surface area (Å²) in [5.41, 5.74) is 8.81. The van der Waals surface area contributed by atoms with Gasteiger partial charge >= 0.3 is 0 Å². The molecule has 1 aromatic heterocycles. The maximum Gasteiger partial charge on any atom is 0.140 e. The van der Waals surface area contributed by atoms with Crippen LogP contribution in [0.5, 0.6) is 0 Å². The minimum absolute atomic E-state index is 0.425. The van der Waals surface area contributed by atoms with E-state index in [1.165, 1.54) is 5.56 Å². The van der Waals surface area contributed by atoms with Crippen LogP contribution < -0.4 is 5.73 Å². The van der Waals surface area contributed by atoms with Crippen molar-refractivity contribution in [3.63, 3.8) is 0 Å². The molecule has 1 heterocycles. The highest BCUT2D eigenvalue weighted by molar-refractivity contribution is 7.80. The number of rotatable bonds is 4. The lowest BCUT2D eigenvalue weighted by Gasteiger charge is -2.08. The number of hydrogen-bond donors (Lipinski definition) is 1. The Bertz CT molecular complexity index is 745. The van der Waals surface area contributed by atoms with Gasteiger partial charge in [0, 0.05) is 30.1 Å². The first kappa shape index (κ1) is 13.5. The first-order valence-corrected chi connectivity index (χ1v) is 7.10. The van der Waals surface area contributed by atoms with Gasteiger partial charge in [0.25, 0.3) is 0 Å². The maximum atomic E-state index is 5.62. The van der Waals surface area contributed by atoms with Crippen molar-refractivity contribution in [1.82, 2.24) is 9.55 Å². The van der Waals surface area contributed by atoms with E-state index in [1.807, 2.05) is 54.9 Å². The van der Waals surface area contributed by atoms with Crippen LogP contribution in [0.15, 0.2) is 67.0 Å². The second kappa shape index (κ2) is 5.89. The number of nitrogens with two attached hydrogens (primary N) is 1. The first-order chi connectivity index (χ1) is 10.2. The summed E-state index contributed by atoms with van der Waals surface area (Å²) >= 11 is 4.97. The summed E-state index contributed by atoms with van der Waals surface area (Å²) in [5.74, 6) is 0.967. The molecule has 2 N–H and O–H groups in total. The molecule has 0 amide bonds. The van der Waals surface area contributed by atoms with Crippen LogP contribution in [-0.2, 0) is 6.54 Å². The van der Waals surface area contributed by atoms with Crippen LogP contribution >= 0.6 is 12.2 Å². The zero-order valence-corrected chi connectivity index (χ0v) is 12.3. The normalized spacial score (nSPS) is 10.5. The molecule has 0 aliphatic carbocycles. The fourth-order valence-electron chi connectivity index (χ4n) is 2.26. The lowest BCUT2D eigenvalue weighted by molar-refractivity contribution is 0.807. The molecule has 0 unspecified atom stereocenters. The predicted octanol–water partition coefficient (Wildman–Crippen LogP) is 3.23. The van der Waals surface area contributed by atoms with Gasteiger partial charge in [-0.25, -0.2) is 4.98 Å². The molecule has 0 fully saturated rings. The highest BCUT2D eigenvalue weighted by Crippen LogP contribution is 2.18. The number of thiocarbonyl (C=S) groups is 1. The van der Waals surface area contributed by atoms with Gasteiger partial charge in [-0.05, 0) is 5.56 Å². The minimum atomic E-state index is 0.425. The molecule has 0 radical (unpaired) electrons. The molecular weight excluding hydrogens is 278 g/mol. The number of nitrogens with zero attached hydrogens (tertiary/aromatic N) is 2. The van der Waals surface area contributed by atoms with Crippen LogP contribution in [-0.4, -0.2) is 14.5 Å². The Hall–Kier alpha value is -2.46. The average Bonchev–Trinajstić information content (AvgIpc) is 2.97. The van der Waals surface area contributed by atoms with E-state index in [2.05, 4.69) is 21.7 Å². The van der Waals surface area contributed by atoms with Crippen molar-refractivity contribution in [3.8, 4) is 11.4 Å². The third kappa shape index (κ3) is 3.01. The van der Waals surface area contributed by atoms with Crippen molar-refractivity contribution < 1.29 is 0 Å². The third-order valence-electron chi connectivity index (χ3n) is 3.34. The van der Waals surface area contributed by atoms with E-state index in [0.717, 1.165) is 23.5 Å². The molecule has 104 valence electrons. The number of hydrogen-bond acceptors (Lipinski definition) is 2. The Kier molecular flexibility index (Phi) is 3.79. The van der Waals surface area contributed by atoms with E-state index in [0.29, 0.717) is 4.99 Å². The molecule has 0 aliphatic heterocycles. The van der Waals surface area contributed by atoms with Gasteiger partial charge in [0.2, 0.25) is 0 Å². The molecule has 3 nitrogen and oxygen atoms in total. The van der Waals surface area contributed by atoms with Gasteiger partial charge in [-0.3, -0.25) is 0 Å². The van der Waals surface area contributed by atoms with Crippen LogP contribution in [0.3, 0.4) is 0 Å². The summed E-state index contributed by atoms with van der Waals surface area (Å²) in [6.45, 7) is 0.766. The van der Waals surface area contributed by atoms with Gasteiger partial charge in [-0.2, -0.15) is 0 Å². The van der Waals surface area contributed by atoms with Crippen LogP contribution in [0, 0.1) is 0 Å². The van der Waals surface area contributed by atoms with Crippen LogP contribution in [0.4, 0.5) is 0 Å². The Balaban J connectivity index is 1.86. The molecule has 2 aromatic carbocycles. The van der Waals surface area contributed by atoms with Gasteiger partial charge in [-0.15, -0.1) is 0 Å². The molecular formula is C17H15N3S. The maximum absolute atomic E-state index is 5.62. The highest BCUT2D eigenvalue weighted by Gasteiger charge is 2.06. The van der Waals surface area contributed by atoms with Crippen molar-refractivity contribution in [2.45, 2.75) is 6.54 Å². The Morgan fingerprint density at radius 1 is 1.05 bits per heavy atom. The minimum Gasteiger partial charge on any atom is -0.389 e. The predicted molar refractivity (Wildman–Crippen MR) is 89.1 cm³/mol. The molecule has 0 saturated heterocycles. The van der Waals surface area contributed by atoms with Gasteiger partial charge in [0.1, 0.15) is 10.8 Å². The van der Waals surface area contributed by atoms with E-state index >= 15 is 0 Å². The number of aromatic nitrogens is 2. The van der Waals surface area contributed by atoms with Gasteiger partial charge in [-0.1, -0.05) is 66.8 Å². The van der Waals surface area contributed by atoms with Crippen LogP contribution in [0.25, 0.3) is 11.4 Å². The molecule has 21 heavy (non-hydrogen) atoms. The van der Waals surface area contributed by atoms with Crippen LogP contribution in [0.2, 0.25) is 0 Å². The topological polar surface area (TPSA) is 43.8 Å². The second-order valence-electron chi connectivity index (χ2n) is 4.81. The highest BCUT2D eigenvalue weighted by atomic mass is 32.1. The fourth-order valence-corrected chi connectivity index (χ4v) is 2.39. The van der Waals surface area contributed by atoms with Gasteiger partial charge in [0.05, 0.1) is 0 Å². The lowest BCUT2D eigenvalue weighted by atomic mass is 10.1. The van der Waals surface area contributed by atoms with Crippen molar-refractivity contribution in [2.75, 3.05) is 0 Å². The summed E-state index contributed by atoms with van der Waals surface area (Å²) in [6.07, 6.45) is 3.82. The van der Waals surface area contributed by atoms with E-state index in [-0.39, 0.29) is 0 Å². The standard InChI is InChI=1S/C17H15N3S/c18-16(21)14-8-6-13(7-9-14)12-20-11-10-19-17(20)15-4-2-1-3-5-15/h1-11H,12H2,(H2,18,21). The van der Waals surface area contributed by atoms with E-state index in [1.54, 1.807) is 0 Å². The Labute approximate surface area is 129 Å². The third-order valence-corrected chi connectivity index (χ3v) is 3.57. The van der Waals surface area contributed by atoms with E-state index < -0.39 is 0 Å². The summed E-state index contributed by atoms with van der Waals surface area (Å²) in [7, 11) is 0. The van der Waals surface area contributed by atoms with Crippen molar-refractivity contribution in [3.05, 3.63) is 78.1 Å². The molecule has 3 rings (SSSR count). The monoisotopic (exact) mass is 293 g/mol. The van der Waals surface area contributed by atoms with Gasteiger partial charge < -0.3 is 10.3 Å². The SMILES string of the molecule is NC(=S)c1ccc(Cn2ccnc2-c2ccccc2)cc1. The van der Waals surface area contributed by atoms with Crippen LogP contribution in [0.1, 0.15) is 11.1 Å². The quantitative estimate of drug-likeness (QED) is 0.751. The van der Waals surface area contributed by atoms with Crippen molar-refractivity contribution in [1.29, 1.82) is 0 Å². The number of imidazole rings is 1. The molecule has 0 aliphatic rings. The molecule has 4 heteroatoms. The molecule has 0 saturated carbocycles. The van der Waals surface area contributed by atoms with Crippen molar-refractivity contribution in [2.24, 2.45) is 5.73 Å². The molecule has 0 atom stereocenters. The Morgan fingerprint density at radius 2 is 1.76 bits per heavy atom. The van der Waals surface area contributed by atoms with Gasteiger partial charge in [0.15, 0.2) is 0 Å². The smallest absolute Gasteiger partial charge is 0.140 e. The molecule has 0 spiro atoms. The van der Waals surface area contributed by atoms with E-state index in [9.17, 15) is 0 Å². The molecule has 3 aromatic rings. The summed E-state index contributed by atoms with van der Waals surface area (Å²) in [4.78, 5) is 4.88. The molecule has 0 bridgehead atoms. The lowest BCUT2D eigenvalue weighted by Crippen LogP contribution is -2.09.